The molecule has 0 aromatic rings. The van der Waals surface area contributed by atoms with Gasteiger partial charge in [0.1, 0.15) is 0 Å². The summed E-state index contributed by atoms with van der Waals surface area (Å²) in [7, 11) is -3.03. The molecule has 0 amide bonds. The summed E-state index contributed by atoms with van der Waals surface area (Å²) in [6.07, 6.45) is 2.35. The number of nitrogens with two attached hydrogens (primary N) is 1. The molecule has 0 bridgehead atoms. The molecule has 1 saturated heterocycles. The zero-order valence-electron chi connectivity index (χ0n) is 11.1. The molecule has 5 nitrogen and oxygen atoms in total. The maximum absolute atomic E-state index is 11.4. The molecule has 0 aromatic carbocycles. The quantitative estimate of drug-likeness (QED) is 0.754. The summed E-state index contributed by atoms with van der Waals surface area (Å²) in [4.78, 5) is 2.32. The van der Waals surface area contributed by atoms with Crippen molar-refractivity contribution in [2.45, 2.75) is 26.3 Å². The van der Waals surface area contributed by atoms with Crippen LogP contribution >= 0.6 is 0 Å². The summed E-state index contributed by atoms with van der Waals surface area (Å²) in [5.74, 6) is 0.622. The van der Waals surface area contributed by atoms with Crippen molar-refractivity contribution in [3.8, 4) is 0 Å². The average Bonchev–Trinajstić information content (AvgIpc) is 2.24. The maximum Gasteiger partial charge on any atom is 0.211 e. The smallest absolute Gasteiger partial charge is 0.211 e. The van der Waals surface area contributed by atoms with Gasteiger partial charge in [0.2, 0.25) is 10.0 Å². The van der Waals surface area contributed by atoms with Crippen molar-refractivity contribution < 1.29 is 8.42 Å². The molecule has 0 saturated carbocycles. The zero-order valence-corrected chi connectivity index (χ0v) is 11.9. The molecule has 6 heteroatoms. The second-order valence-electron chi connectivity index (χ2n) is 5.22. The molecule has 1 fully saturated rings. The summed E-state index contributed by atoms with van der Waals surface area (Å²) in [6, 6.07) is 0.386. The first-order valence-electron chi connectivity index (χ1n) is 6.23. The van der Waals surface area contributed by atoms with E-state index in [-0.39, 0.29) is 0 Å². The third-order valence-corrected chi connectivity index (χ3v) is 4.58. The Morgan fingerprint density at radius 1 is 1.18 bits per heavy atom. The van der Waals surface area contributed by atoms with Crippen molar-refractivity contribution in [3.05, 3.63) is 0 Å². The molecule has 0 aromatic heterocycles. The molecule has 1 aliphatic rings. The number of nitrogens with zero attached hydrogens (tertiary/aromatic N) is 2. The number of hydrogen-bond acceptors (Lipinski definition) is 4. The number of piperazine rings is 1. The second-order valence-corrected chi connectivity index (χ2v) is 7.20. The van der Waals surface area contributed by atoms with E-state index in [2.05, 4.69) is 18.7 Å². The van der Waals surface area contributed by atoms with E-state index in [9.17, 15) is 8.42 Å². The normalized spacial score (nSPS) is 21.9. The van der Waals surface area contributed by atoms with E-state index >= 15 is 0 Å². The van der Waals surface area contributed by atoms with Gasteiger partial charge in [-0.15, -0.1) is 0 Å². The van der Waals surface area contributed by atoms with Crippen molar-refractivity contribution in [1.82, 2.24) is 9.21 Å². The molecule has 2 N–H and O–H groups in total. The van der Waals surface area contributed by atoms with Crippen LogP contribution in [0, 0.1) is 5.92 Å². The Balaban J connectivity index is 2.50. The Morgan fingerprint density at radius 2 is 1.71 bits per heavy atom. The largest absolute Gasteiger partial charge is 0.329 e. The van der Waals surface area contributed by atoms with Crippen LogP contribution < -0.4 is 5.73 Å². The van der Waals surface area contributed by atoms with E-state index in [0.717, 1.165) is 19.5 Å². The van der Waals surface area contributed by atoms with Crippen LogP contribution in [-0.2, 0) is 10.0 Å². The van der Waals surface area contributed by atoms with Crippen LogP contribution in [0.5, 0.6) is 0 Å². The molecule has 0 radical (unpaired) electrons. The SMILES string of the molecule is CC(C)CC(CN)N1CCN(S(C)(=O)=O)CC1. The first-order valence-corrected chi connectivity index (χ1v) is 8.08. The molecule has 1 unspecified atom stereocenters. The maximum atomic E-state index is 11.4. The van der Waals surface area contributed by atoms with Gasteiger partial charge in [0.25, 0.3) is 0 Å². The van der Waals surface area contributed by atoms with Crippen molar-refractivity contribution in [1.29, 1.82) is 0 Å². The van der Waals surface area contributed by atoms with Gasteiger partial charge in [0, 0.05) is 38.8 Å². The monoisotopic (exact) mass is 263 g/mol. The van der Waals surface area contributed by atoms with Crippen LogP contribution in [0.2, 0.25) is 0 Å². The Kier molecular flexibility index (Phi) is 5.37. The highest BCUT2D eigenvalue weighted by Gasteiger charge is 2.27. The first kappa shape index (κ1) is 14.9. The summed E-state index contributed by atoms with van der Waals surface area (Å²) in [6.45, 7) is 7.80. The zero-order chi connectivity index (χ0) is 13.1. The lowest BCUT2D eigenvalue weighted by Gasteiger charge is -2.38. The predicted octanol–water partition coefficient (Wildman–Crippen LogP) is -0.0630. The highest BCUT2D eigenvalue weighted by atomic mass is 32.2. The van der Waals surface area contributed by atoms with Gasteiger partial charge in [-0.2, -0.15) is 4.31 Å². The van der Waals surface area contributed by atoms with Gasteiger partial charge in [0.05, 0.1) is 6.26 Å². The first-order chi connectivity index (χ1) is 7.84. The number of sulfonamides is 1. The fourth-order valence-corrected chi connectivity index (χ4v) is 3.17. The van der Waals surface area contributed by atoms with E-state index in [0.29, 0.717) is 31.6 Å². The summed E-state index contributed by atoms with van der Waals surface area (Å²) in [5, 5.41) is 0. The van der Waals surface area contributed by atoms with Crippen molar-refractivity contribution >= 4 is 10.0 Å². The van der Waals surface area contributed by atoms with Gasteiger partial charge in [-0.1, -0.05) is 13.8 Å². The van der Waals surface area contributed by atoms with E-state index in [1.807, 2.05) is 0 Å². The lowest BCUT2D eigenvalue weighted by Crippen LogP contribution is -2.53. The Hall–Kier alpha value is -0.170. The van der Waals surface area contributed by atoms with Crippen molar-refractivity contribution in [3.63, 3.8) is 0 Å². The lowest BCUT2D eigenvalue weighted by atomic mass is 10.0. The second kappa shape index (κ2) is 6.13. The third kappa shape index (κ3) is 4.54. The lowest BCUT2D eigenvalue weighted by molar-refractivity contribution is 0.126. The molecule has 1 rings (SSSR count). The van der Waals surface area contributed by atoms with Gasteiger partial charge in [-0.25, -0.2) is 8.42 Å². The van der Waals surface area contributed by atoms with Crippen LogP contribution in [0.15, 0.2) is 0 Å². The molecule has 1 aliphatic heterocycles. The van der Waals surface area contributed by atoms with E-state index < -0.39 is 10.0 Å². The van der Waals surface area contributed by atoms with Crippen LogP contribution in [0.3, 0.4) is 0 Å². The Morgan fingerprint density at radius 3 is 2.06 bits per heavy atom. The highest BCUT2D eigenvalue weighted by Crippen LogP contribution is 2.14. The predicted molar refractivity (Wildman–Crippen MR) is 70.3 cm³/mol. The molecule has 1 heterocycles. The molecule has 0 aliphatic carbocycles. The third-order valence-electron chi connectivity index (χ3n) is 3.27. The summed E-state index contributed by atoms with van der Waals surface area (Å²) >= 11 is 0. The Bertz CT molecular complexity index is 322. The van der Waals surface area contributed by atoms with Gasteiger partial charge in [0.15, 0.2) is 0 Å². The van der Waals surface area contributed by atoms with Gasteiger partial charge < -0.3 is 5.73 Å². The molecule has 17 heavy (non-hydrogen) atoms. The van der Waals surface area contributed by atoms with E-state index in [1.165, 1.54) is 6.26 Å². The fraction of sp³-hybridized carbons (Fsp3) is 1.00. The molecule has 102 valence electrons. The Labute approximate surface area is 105 Å². The average molecular weight is 263 g/mol. The minimum Gasteiger partial charge on any atom is -0.329 e. The minimum atomic E-state index is -3.03. The van der Waals surface area contributed by atoms with Crippen LogP contribution in [0.4, 0.5) is 0 Å². The van der Waals surface area contributed by atoms with Gasteiger partial charge >= 0.3 is 0 Å². The van der Waals surface area contributed by atoms with Gasteiger partial charge in [-0.3, -0.25) is 4.90 Å². The number of rotatable bonds is 5. The summed E-state index contributed by atoms with van der Waals surface area (Å²) < 4.78 is 24.3. The van der Waals surface area contributed by atoms with Crippen LogP contribution in [-0.4, -0.2) is 62.6 Å². The van der Waals surface area contributed by atoms with Crippen molar-refractivity contribution in [2.24, 2.45) is 11.7 Å². The molecular formula is C11H25N3O2S. The highest BCUT2D eigenvalue weighted by molar-refractivity contribution is 7.88. The standard InChI is InChI=1S/C11H25N3O2S/c1-10(2)8-11(9-12)13-4-6-14(7-5-13)17(3,15)16/h10-11H,4-9,12H2,1-3H3. The van der Waals surface area contributed by atoms with E-state index in [4.69, 9.17) is 5.73 Å². The minimum absolute atomic E-state index is 0.386. The van der Waals surface area contributed by atoms with E-state index in [1.54, 1.807) is 4.31 Å². The molecule has 0 spiro atoms. The summed E-state index contributed by atoms with van der Waals surface area (Å²) in [5.41, 5.74) is 5.80. The number of hydrogen-bond donors (Lipinski definition) is 1. The van der Waals surface area contributed by atoms with Crippen LogP contribution in [0.25, 0.3) is 0 Å². The molecular weight excluding hydrogens is 238 g/mol. The topological polar surface area (TPSA) is 66.6 Å². The molecule has 1 atom stereocenters. The van der Waals surface area contributed by atoms with Crippen LogP contribution in [0.1, 0.15) is 20.3 Å². The fourth-order valence-electron chi connectivity index (χ4n) is 2.34. The van der Waals surface area contributed by atoms with Gasteiger partial charge in [-0.05, 0) is 12.3 Å². The van der Waals surface area contributed by atoms with Crippen molar-refractivity contribution in [2.75, 3.05) is 39.0 Å².